The molecule has 2 aromatic carbocycles. The van der Waals surface area contributed by atoms with E-state index in [1.807, 2.05) is 31.9 Å². The highest BCUT2D eigenvalue weighted by molar-refractivity contribution is 8.22. The number of likely N-dealkylation sites (tertiary alicyclic amines) is 1. The first-order valence-corrected chi connectivity index (χ1v) is 20.7. The first kappa shape index (κ1) is 38.0. The number of aryl methyl sites for hydroxylation is 1. The summed E-state index contributed by atoms with van der Waals surface area (Å²) >= 11 is 7.13. The fourth-order valence-electron chi connectivity index (χ4n) is 6.25. The molecule has 1 amide bonds. The standard InChI is InChI=1S/C35H54NO5S2Si2/c1-21-16-15-17-24-27(21)29(33(3,4)5)22(2)25(20-38-44)28(24)30(39-32(42)43-12)26-18-23(41-45(13,14)35(9,10)11)19-36(26)31(37)40-34(6,7)8/h15-17,23,26,30H,18-20H2,1-14H3/t23-,26+,30?/m1/s1. The van der Waals surface area contributed by atoms with Gasteiger partial charge in [0.25, 0.3) is 0 Å². The van der Waals surface area contributed by atoms with Crippen LogP contribution in [-0.2, 0) is 30.3 Å². The van der Waals surface area contributed by atoms with Crippen molar-refractivity contribution in [1.29, 1.82) is 0 Å². The predicted octanol–water partition coefficient (Wildman–Crippen LogP) is 9.46. The number of benzene rings is 2. The van der Waals surface area contributed by atoms with E-state index < -0.39 is 26.1 Å². The lowest BCUT2D eigenvalue weighted by molar-refractivity contribution is 0.00758. The van der Waals surface area contributed by atoms with Gasteiger partial charge in [-0.15, -0.1) is 0 Å². The molecule has 1 unspecified atom stereocenters. The van der Waals surface area contributed by atoms with Crippen LogP contribution in [0.5, 0.6) is 0 Å². The Bertz CT molecular complexity index is 1410. The molecule has 45 heavy (non-hydrogen) atoms. The van der Waals surface area contributed by atoms with E-state index in [1.165, 1.54) is 28.3 Å². The van der Waals surface area contributed by atoms with Crippen molar-refractivity contribution in [3.8, 4) is 0 Å². The minimum Gasteiger partial charge on any atom is -0.468 e. The highest BCUT2D eigenvalue weighted by atomic mass is 32.2. The Labute approximate surface area is 286 Å². The van der Waals surface area contributed by atoms with Crippen molar-refractivity contribution in [2.45, 2.75) is 137 Å². The average molecular weight is 689 g/mol. The molecule has 1 heterocycles. The number of carbonyl (C=O) groups excluding carboxylic acids is 1. The number of nitrogens with zero attached hydrogens (tertiary/aromatic N) is 1. The molecular formula is C35H54NO5S2Si2. The Balaban J connectivity index is 2.37. The maximum Gasteiger partial charge on any atom is 0.410 e. The van der Waals surface area contributed by atoms with Gasteiger partial charge in [0.15, 0.2) is 8.32 Å². The molecule has 10 heteroatoms. The number of hydrogen-bond acceptors (Lipinski definition) is 7. The van der Waals surface area contributed by atoms with Crippen molar-refractivity contribution < 1.29 is 23.1 Å². The molecule has 0 aromatic heterocycles. The molecule has 1 aliphatic rings. The predicted molar refractivity (Wildman–Crippen MR) is 196 cm³/mol. The third kappa shape index (κ3) is 8.54. The van der Waals surface area contributed by atoms with E-state index in [0.29, 0.717) is 24.0 Å². The lowest BCUT2D eigenvalue weighted by Gasteiger charge is -2.38. The summed E-state index contributed by atoms with van der Waals surface area (Å²) in [6.45, 7) is 28.7. The number of fused-ring (bicyclic) bond motifs is 1. The molecule has 0 aliphatic carbocycles. The topological polar surface area (TPSA) is 57.2 Å². The van der Waals surface area contributed by atoms with Crippen molar-refractivity contribution in [2.75, 3.05) is 12.8 Å². The Morgan fingerprint density at radius 2 is 1.73 bits per heavy atom. The number of thiocarbonyl (C=S) groups is 1. The van der Waals surface area contributed by atoms with Gasteiger partial charge < -0.3 is 18.3 Å². The fraction of sp³-hybridized carbons (Fsp3) is 0.657. The van der Waals surface area contributed by atoms with Crippen molar-refractivity contribution in [3.05, 3.63) is 46.0 Å². The zero-order valence-electron chi connectivity index (χ0n) is 29.9. The highest BCUT2D eigenvalue weighted by Gasteiger charge is 2.48. The molecule has 0 N–H and O–H groups in total. The molecule has 1 fully saturated rings. The molecule has 0 saturated carbocycles. The van der Waals surface area contributed by atoms with E-state index in [2.05, 4.69) is 97.2 Å². The van der Waals surface area contributed by atoms with Crippen LogP contribution >= 0.6 is 24.0 Å². The van der Waals surface area contributed by atoms with Crippen LogP contribution in [0.25, 0.3) is 10.8 Å². The van der Waals surface area contributed by atoms with Gasteiger partial charge in [-0.05, 0) is 116 Å². The first-order valence-electron chi connectivity index (χ1n) is 15.8. The molecule has 0 bridgehead atoms. The minimum atomic E-state index is -2.15. The van der Waals surface area contributed by atoms with Crippen molar-refractivity contribution in [1.82, 2.24) is 4.90 Å². The average Bonchev–Trinajstić information content (AvgIpc) is 3.29. The SMILES string of the molecule is CSC(=S)OC(c1c(CO[Si])c(C)c(C(C)(C)C)c2c(C)cccc12)[C@@H]1C[C@@H](O[Si](C)(C)C(C)(C)C)CN1C(=O)OC(C)(C)C. The third-order valence-corrected chi connectivity index (χ3v) is 14.9. The van der Waals surface area contributed by atoms with E-state index in [1.54, 1.807) is 0 Å². The molecule has 0 spiro atoms. The van der Waals surface area contributed by atoms with Gasteiger partial charge in [0, 0.05) is 12.1 Å². The van der Waals surface area contributed by atoms with Gasteiger partial charge >= 0.3 is 6.09 Å². The van der Waals surface area contributed by atoms with Crippen LogP contribution in [-0.4, -0.2) is 64.7 Å². The molecule has 249 valence electrons. The van der Waals surface area contributed by atoms with E-state index in [0.717, 1.165) is 22.1 Å². The van der Waals surface area contributed by atoms with E-state index in [9.17, 15) is 4.79 Å². The maximum atomic E-state index is 14.0. The van der Waals surface area contributed by atoms with Crippen LogP contribution in [0, 0.1) is 13.8 Å². The normalized spacial score (nSPS) is 18.8. The van der Waals surface area contributed by atoms with Gasteiger partial charge in [0.2, 0.25) is 14.9 Å². The largest absolute Gasteiger partial charge is 0.468 e. The number of hydrogen-bond donors (Lipinski definition) is 0. The van der Waals surface area contributed by atoms with Crippen LogP contribution in [0.2, 0.25) is 18.1 Å². The molecule has 3 atom stereocenters. The number of thioether (sulfide) groups is 1. The number of rotatable bonds is 7. The van der Waals surface area contributed by atoms with Gasteiger partial charge in [-0.2, -0.15) is 0 Å². The van der Waals surface area contributed by atoms with Crippen molar-refractivity contribution in [2.24, 2.45) is 0 Å². The third-order valence-electron chi connectivity index (χ3n) is 9.16. The Morgan fingerprint density at radius 1 is 1.11 bits per heavy atom. The lowest BCUT2D eigenvalue weighted by Crippen LogP contribution is -2.45. The Kier molecular flexibility index (Phi) is 11.8. The molecule has 1 aliphatic heterocycles. The molecule has 2 aromatic rings. The summed E-state index contributed by atoms with van der Waals surface area (Å²) in [6, 6.07) is 6.03. The van der Waals surface area contributed by atoms with Gasteiger partial charge in [-0.25, -0.2) is 4.79 Å². The Morgan fingerprint density at radius 3 is 2.24 bits per heavy atom. The first-order chi connectivity index (χ1) is 20.5. The summed E-state index contributed by atoms with van der Waals surface area (Å²) in [5.74, 6) is 0. The van der Waals surface area contributed by atoms with Crippen molar-refractivity contribution in [3.63, 3.8) is 0 Å². The van der Waals surface area contributed by atoms with Gasteiger partial charge in [-0.3, -0.25) is 4.90 Å². The zero-order chi connectivity index (χ0) is 34.3. The number of amides is 1. The van der Waals surface area contributed by atoms with Gasteiger partial charge in [0.05, 0.1) is 18.8 Å². The van der Waals surface area contributed by atoms with E-state index in [-0.39, 0.29) is 22.7 Å². The smallest absolute Gasteiger partial charge is 0.410 e. The second kappa shape index (κ2) is 14.0. The summed E-state index contributed by atoms with van der Waals surface area (Å²) in [6.07, 6.45) is 1.38. The summed E-state index contributed by atoms with van der Waals surface area (Å²) in [4.78, 5) is 15.8. The Hall–Kier alpha value is -1.44. The number of carbonyl (C=O) groups is 1. The molecule has 6 nitrogen and oxygen atoms in total. The fourth-order valence-corrected chi connectivity index (χ4v) is 8.06. The molecule has 3 rings (SSSR count). The molecular weight excluding hydrogens is 635 g/mol. The lowest BCUT2D eigenvalue weighted by atomic mass is 9.75. The van der Waals surface area contributed by atoms with Crippen LogP contribution < -0.4 is 0 Å². The molecule has 3 radical (unpaired) electrons. The summed E-state index contributed by atoms with van der Waals surface area (Å²) < 4.78 is 25.8. The summed E-state index contributed by atoms with van der Waals surface area (Å²) in [7, 11) is 1.17. The zero-order valence-corrected chi connectivity index (χ0v) is 33.5. The highest BCUT2D eigenvalue weighted by Crippen LogP contribution is 2.47. The van der Waals surface area contributed by atoms with E-state index >= 15 is 0 Å². The van der Waals surface area contributed by atoms with Crippen molar-refractivity contribution >= 4 is 64.0 Å². The van der Waals surface area contributed by atoms with E-state index in [4.69, 9.17) is 30.5 Å². The molecule has 1 saturated heterocycles. The van der Waals surface area contributed by atoms with Crippen LogP contribution in [0.4, 0.5) is 4.79 Å². The monoisotopic (exact) mass is 688 g/mol. The maximum absolute atomic E-state index is 14.0. The summed E-state index contributed by atoms with van der Waals surface area (Å²) in [5.41, 5.74) is 4.84. The number of ether oxygens (including phenoxy) is 2. The van der Waals surface area contributed by atoms with Crippen LogP contribution in [0.3, 0.4) is 0 Å². The second-order valence-electron chi connectivity index (χ2n) is 15.9. The van der Waals surface area contributed by atoms with Crippen LogP contribution in [0.15, 0.2) is 18.2 Å². The van der Waals surface area contributed by atoms with Gasteiger partial charge in [0.1, 0.15) is 11.7 Å². The van der Waals surface area contributed by atoms with Crippen LogP contribution in [0.1, 0.15) is 103 Å². The second-order valence-corrected chi connectivity index (χ2v) is 22.3. The minimum absolute atomic E-state index is 0.0198. The van der Waals surface area contributed by atoms with Gasteiger partial charge in [-0.1, -0.05) is 71.5 Å². The quantitative estimate of drug-likeness (QED) is 0.212. The summed E-state index contributed by atoms with van der Waals surface area (Å²) in [5, 5.41) is 2.30.